The number of ether oxygens (including phenoxy) is 3. The molecule has 0 unspecified atom stereocenters. The van der Waals surface area contributed by atoms with E-state index < -0.39 is 47.6 Å². The molecule has 4 amide bonds. The SMILES string of the molecule is CC(=O)O.CCOC(=O)C1=C(N)Cc2c1cc(F)cc2N(C)Cc1ccccc1.CCOC(=O)C1=C(NC(=O)NC(C)=O)Cc2c1cc(F)cc2N(C)Cc1ccccc1.CCOC(=O)N=C=O.[2HH].[2H][2H].[2H][2H].[2H][2H].[2H][2H].[2H][2H].[2H][2H].[2H][2H].[2H][2H].[2H][2H].[2H][2H].[2H][2H].[2H][2H].[2H][2H].[2H][2H].[2H][2H].[2H][2H].[2H][2H].[2H][2H].[2H][2H].[2H][2H].[2H][2H].[2H][2H].[2H][2H].[2H][2H].[2H][2H].[2H][2H].[2H][2H].[2H][2H].[2H][2H].[2H][2H].[2H][2H].[2H][2H].[2H][2H].[2H][2H].[2H][2H].[2H][2H].[2H][2H].[2H][2H].[2H][2H].[Zn]. The molecule has 5 N–H and O–H groups in total. The Bertz CT molecular complexity index is 2730. The molecule has 17 nitrogen and oxygen atoms in total. The zero-order valence-corrected chi connectivity index (χ0v) is 42.4. The average molecular weight is 1170 g/mol. The van der Waals surface area contributed by atoms with Gasteiger partial charge in [0.2, 0.25) is 12.0 Å². The van der Waals surface area contributed by atoms with Gasteiger partial charge >= 0.3 is 24.1 Å². The van der Waals surface area contributed by atoms with Crippen molar-refractivity contribution in [2.24, 2.45) is 10.7 Å². The van der Waals surface area contributed by atoms with Crippen molar-refractivity contribution < 1.29 is 198 Å². The Morgan fingerprint density at radius 3 is 1.58 bits per heavy atom. The number of hydrogen-bond donors (Lipinski definition) is 4. The molecule has 6 rings (SSSR count). The Kier molecular flexibility index (Phi) is 9.04. The maximum Gasteiger partial charge on any atom is 0.444 e. The molecule has 0 radical (unpaired) electrons. The van der Waals surface area contributed by atoms with Crippen LogP contribution in [-0.2, 0) is 83.6 Å². The molecule has 0 fully saturated rings. The molecule has 0 spiro atoms. The largest absolute Gasteiger partial charge is 0.481 e. The Labute approximate surface area is 533 Å². The fourth-order valence-electron chi connectivity index (χ4n) is 7.02. The second kappa shape index (κ2) is 28.6. The van der Waals surface area contributed by atoms with Crippen molar-refractivity contribution in [1.29, 1.82) is 0 Å². The predicted octanol–water partition coefficient (Wildman–Crippen LogP) is 16.8. The number of carboxylic acid groups (broad SMARTS) is 1. The summed E-state index contributed by atoms with van der Waals surface area (Å²) in [5.74, 6) is -3.45. The third kappa shape index (κ3) is 17.6. The van der Waals surface area contributed by atoms with E-state index in [0.29, 0.717) is 47.6 Å². The van der Waals surface area contributed by atoms with Gasteiger partial charge < -0.3 is 40.2 Å². The monoisotopic (exact) mass is 1160 g/mol. The molecule has 69 heavy (non-hydrogen) atoms. The van der Waals surface area contributed by atoms with Crippen LogP contribution in [0, 0.1) is 11.6 Å². The number of carbonyl (C=O) groups excluding carboxylic acids is 6. The van der Waals surface area contributed by atoms with Crippen LogP contribution in [-0.4, -0.2) is 81.0 Å². The smallest absolute Gasteiger partial charge is 0.444 e. The standard InChI is InChI=1S/C23H24FN3O4.C20H21FN2O2.C4H5NO3.C2H4O2.Zn.40H2/c1-4-31-22(29)21-18-10-16(24)11-20(27(3)13-15-8-6-5-7-9-15)17(18)12-19(21)26-23(30)25-14(2)28;1-3-25-20(24)19-16-9-14(21)10-18(15(16)11-17(19)22)23(2)12-13-7-5-4-6-8-13;1-2-8-4(7)5-3-6;1-2(3)4;;;;;;;;;;;;;;;;;;;;;;;;;;;;;;;;;;;;;;;;;/h5-11H,4,12-13H2,1-3H3,(H2,25,26,28,30);4-10H,3,11-12,22H2,1-2H3;2H2,1H3;1H3,(H,3,4);;40*1H/i;;;;;39*1+1D;1+1. The molecule has 0 heterocycles. The van der Waals surface area contributed by atoms with Crippen molar-refractivity contribution in [3.63, 3.8) is 0 Å². The second-order valence-corrected chi connectivity index (χ2v) is 14.7. The van der Waals surface area contributed by atoms with Gasteiger partial charge in [-0.3, -0.25) is 14.9 Å². The molecule has 4 aromatic carbocycles. The van der Waals surface area contributed by atoms with Crippen LogP contribution in [0.4, 0.5) is 29.7 Å². The molecule has 0 saturated heterocycles. The molecule has 0 aromatic heterocycles. The normalized spacial score (nSPS) is 15.9. The van der Waals surface area contributed by atoms with E-state index in [1.807, 2.05) is 84.6 Å². The fraction of sp³-hybridized carbons (Fsp3) is 0.286. The van der Waals surface area contributed by atoms with E-state index in [0.717, 1.165) is 35.4 Å². The molecule has 442 valence electrons. The van der Waals surface area contributed by atoms with Gasteiger partial charge in [0.15, 0.2) is 0 Å². The number of benzene rings is 4. The first-order chi connectivity index (χ1) is 71.3. The number of esters is 2. The minimum atomic E-state index is -0.887. The van der Waals surface area contributed by atoms with Gasteiger partial charge in [-0.25, -0.2) is 32.8 Å². The number of carbonyl (C=O) groups is 6. The van der Waals surface area contributed by atoms with Gasteiger partial charge in [-0.2, -0.15) is 0 Å². The van der Waals surface area contributed by atoms with Crippen LogP contribution in [0.25, 0.3) is 11.1 Å². The Balaban J connectivity index is -0.0000000247. The molecular weight excluding hydrogens is 952 g/mol. The number of nitrogens with one attached hydrogen (secondary N) is 2. The molecule has 0 aliphatic heterocycles. The molecule has 0 atom stereocenters. The number of isocyanates is 1. The van der Waals surface area contributed by atoms with Gasteiger partial charge in [-0.15, -0.1) is 0 Å². The number of amides is 4. The number of fused-ring (bicyclic) bond motifs is 2. The average Bonchev–Trinajstić information content (AvgIpc) is 1.56. The van der Waals surface area contributed by atoms with E-state index in [1.54, 1.807) is 20.8 Å². The third-order valence-electron chi connectivity index (χ3n) is 9.53. The summed E-state index contributed by atoms with van der Waals surface area (Å²) >= 11 is 0. The Morgan fingerprint density at radius 2 is 1.16 bits per heavy atom. The number of nitrogens with zero attached hydrogens (tertiary/aromatic N) is 3. The van der Waals surface area contributed by atoms with Crippen LogP contribution in [0.15, 0.2) is 101 Å². The van der Waals surface area contributed by atoms with Gasteiger partial charge in [0.1, 0.15) is 11.6 Å². The van der Waals surface area contributed by atoms with Crippen molar-refractivity contribution in [2.45, 2.75) is 60.5 Å². The maximum atomic E-state index is 14.6. The summed E-state index contributed by atoms with van der Waals surface area (Å²) in [6.07, 6.45) is 0.765. The Hall–Kier alpha value is -7.56. The van der Waals surface area contributed by atoms with Gasteiger partial charge in [-0.1, -0.05) is 65.7 Å². The van der Waals surface area contributed by atoms with Gasteiger partial charge in [-0.05, 0) is 78.4 Å². The number of carboxylic acids is 1. The number of urea groups is 1. The molecule has 20 heteroatoms. The summed E-state index contributed by atoms with van der Waals surface area (Å²) < 4.78 is 433. The number of aliphatic carboxylic acids is 1. The first-order valence-corrected chi connectivity index (χ1v) is 21.1. The van der Waals surface area contributed by atoms with Crippen LogP contribution in [0.1, 0.15) is 185 Å². The summed E-state index contributed by atoms with van der Waals surface area (Å²) in [4.78, 5) is 82.9. The van der Waals surface area contributed by atoms with Crippen LogP contribution >= 0.6 is 0 Å². The van der Waals surface area contributed by atoms with E-state index in [9.17, 15) is 37.5 Å². The van der Waals surface area contributed by atoms with Gasteiger partial charge in [0.25, 0.3) is 5.97 Å². The number of aliphatic imine (C=N–C) groups is 1. The number of allylic oxidation sites excluding steroid dienone is 2. The number of hydrogen-bond acceptors (Lipinski definition) is 13. The molecule has 0 saturated carbocycles. The van der Waals surface area contributed by atoms with Crippen molar-refractivity contribution in [1.82, 2.24) is 10.6 Å². The fourth-order valence-corrected chi connectivity index (χ4v) is 7.02. The van der Waals surface area contributed by atoms with E-state index in [2.05, 4.69) is 20.4 Å². The maximum absolute atomic E-state index is 14.6. The van der Waals surface area contributed by atoms with E-state index >= 15 is 0 Å². The minimum absolute atomic E-state index is 0. The van der Waals surface area contributed by atoms with E-state index in [4.69, 9.17) is 141 Å². The van der Waals surface area contributed by atoms with Crippen molar-refractivity contribution in [2.75, 3.05) is 43.7 Å². The number of anilines is 2. The molecule has 2 aliphatic carbocycles. The van der Waals surface area contributed by atoms with Crippen LogP contribution in [0.5, 0.6) is 0 Å². The van der Waals surface area contributed by atoms with Crippen LogP contribution < -0.4 is 26.2 Å². The van der Waals surface area contributed by atoms with Crippen molar-refractivity contribution in [3.05, 3.63) is 141 Å². The molecular formula is C49H134F2N6O11Zn. The molecule has 2 aliphatic rings. The van der Waals surface area contributed by atoms with Crippen LogP contribution in [0.2, 0.25) is 0 Å². The summed E-state index contributed by atoms with van der Waals surface area (Å²) in [5, 5.41) is 12.1. The van der Waals surface area contributed by atoms with Crippen LogP contribution in [0.3, 0.4) is 0 Å². The Morgan fingerprint density at radius 1 is 0.739 bits per heavy atom. The zero-order valence-electron chi connectivity index (χ0n) is 117. The first-order valence-electron chi connectivity index (χ1n) is 60.1. The topological polar surface area (TPSA) is 236 Å². The number of halogens is 2. The minimum Gasteiger partial charge on any atom is -0.481 e. The summed E-state index contributed by atoms with van der Waals surface area (Å²) in [6, 6.07) is 24.4. The quantitative estimate of drug-likeness (QED) is 0.0340. The summed E-state index contributed by atoms with van der Waals surface area (Å²) in [7, 11) is 3.74. The first kappa shape index (κ1) is 21.8. The molecule has 4 aromatic rings. The number of imide groups is 1. The number of rotatable bonds is 12. The zero-order chi connectivity index (χ0) is 129. The third-order valence-corrected chi connectivity index (χ3v) is 9.53. The predicted molar refractivity (Wildman–Crippen MR) is 334 cm³/mol. The summed E-state index contributed by atoms with van der Waals surface area (Å²) in [5.41, 5.74) is 13.1. The van der Waals surface area contributed by atoms with Crippen molar-refractivity contribution >= 4 is 64.5 Å². The van der Waals surface area contributed by atoms with Crippen molar-refractivity contribution in [3.8, 4) is 0 Å². The van der Waals surface area contributed by atoms with Gasteiger partial charge in [0, 0.05) is 213 Å². The summed E-state index contributed by atoms with van der Waals surface area (Å²) in [6.45, 7) is 9.06. The van der Waals surface area contributed by atoms with E-state index in [-0.39, 0.29) is 64.0 Å². The number of nitrogens with two attached hydrogens (primary N) is 1. The molecule has 0 bridgehead atoms. The van der Waals surface area contributed by atoms with E-state index in [1.165, 1.54) is 31.2 Å². The van der Waals surface area contributed by atoms with Gasteiger partial charge in [0.05, 0.1) is 31.0 Å². The second-order valence-electron chi connectivity index (χ2n) is 14.7.